The molecule has 0 unspecified atom stereocenters. The Balaban J connectivity index is 2.45. The smallest absolute Gasteiger partial charge is 0.258 e. The van der Waals surface area contributed by atoms with Crippen LogP contribution in [0.5, 0.6) is 0 Å². The number of non-ortho nitro benzene ring substituents is 1. The highest BCUT2D eigenvalue weighted by molar-refractivity contribution is 5.46. The normalized spacial score (nSPS) is 14.3. The Kier molecular flexibility index (Phi) is 1.57. The van der Waals surface area contributed by atoms with Crippen molar-refractivity contribution in [2.24, 2.45) is 0 Å². The maximum atomic E-state index is 10.4. The van der Waals surface area contributed by atoms with Crippen LogP contribution in [-0.4, -0.2) is 4.92 Å². The maximum absolute atomic E-state index is 10.4. The lowest BCUT2D eigenvalue weighted by atomic mass is 10.1. The van der Waals surface area contributed by atoms with Crippen molar-refractivity contribution in [2.75, 3.05) is 0 Å². The van der Waals surface area contributed by atoms with Crippen molar-refractivity contribution in [3.05, 3.63) is 45.9 Å². The molecular formula is C9H7NO2. The number of hydrogen-bond acceptors (Lipinski definition) is 2. The van der Waals surface area contributed by atoms with E-state index in [4.69, 9.17) is 0 Å². The first-order valence-electron chi connectivity index (χ1n) is 3.78. The molecule has 0 aliphatic heterocycles. The number of nitro benzene ring substituents is 1. The summed E-state index contributed by atoms with van der Waals surface area (Å²) in [6.45, 7) is 0. The molecule has 2 radical (unpaired) electrons. The minimum atomic E-state index is -0.375. The van der Waals surface area contributed by atoms with Crippen molar-refractivity contribution in [3.63, 3.8) is 0 Å². The van der Waals surface area contributed by atoms with E-state index in [1.807, 2.05) is 6.07 Å². The van der Waals surface area contributed by atoms with E-state index in [2.05, 4.69) is 6.42 Å². The second-order valence-electron chi connectivity index (χ2n) is 2.78. The van der Waals surface area contributed by atoms with E-state index in [1.54, 1.807) is 12.1 Å². The van der Waals surface area contributed by atoms with Gasteiger partial charge < -0.3 is 0 Å². The van der Waals surface area contributed by atoms with Crippen LogP contribution in [0.3, 0.4) is 0 Å². The van der Waals surface area contributed by atoms with Crippen LogP contribution in [-0.2, 0) is 6.42 Å². The van der Waals surface area contributed by atoms with Crippen molar-refractivity contribution in [1.82, 2.24) is 0 Å². The molecule has 0 bridgehead atoms. The van der Waals surface area contributed by atoms with Gasteiger partial charge in [-0.3, -0.25) is 10.1 Å². The molecule has 0 N–H and O–H groups in total. The Labute approximate surface area is 70.2 Å². The molecule has 2 rings (SSSR count). The van der Waals surface area contributed by atoms with Crippen LogP contribution in [0.1, 0.15) is 17.5 Å². The summed E-state index contributed by atoms with van der Waals surface area (Å²) in [7, 11) is 0. The Morgan fingerprint density at radius 1 is 1.50 bits per heavy atom. The first-order valence-corrected chi connectivity index (χ1v) is 3.78. The summed E-state index contributed by atoms with van der Waals surface area (Å²) in [4.78, 5) is 10.0. The molecule has 1 aliphatic carbocycles. The average Bonchev–Trinajstić information content (AvgIpc) is 2.49. The second-order valence-corrected chi connectivity index (χ2v) is 2.78. The molecule has 0 atom stereocenters. The van der Waals surface area contributed by atoms with Crippen molar-refractivity contribution in [3.8, 4) is 0 Å². The maximum Gasteiger partial charge on any atom is 0.269 e. The fourth-order valence-corrected chi connectivity index (χ4v) is 1.39. The summed E-state index contributed by atoms with van der Waals surface area (Å²) in [6.07, 6.45) is 4.94. The zero-order valence-electron chi connectivity index (χ0n) is 6.41. The van der Waals surface area contributed by atoms with Gasteiger partial charge in [0.05, 0.1) is 4.92 Å². The van der Waals surface area contributed by atoms with E-state index in [1.165, 1.54) is 5.56 Å². The zero-order chi connectivity index (χ0) is 8.55. The molecule has 12 heavy (non-hydrogen) atoms. The number of hydrogen-bond donors (Lipinski definition) is 0. The molecule has 3 heteroatoms. The van der Waals surface area contributed by atoms with Crippen LogP contribution in [0, 0.1) is 16.5 Å². The number of aryl methyl sites for hydroxylation is 1. The first-order chi connectivity index (χ1) is 5.77. The van der Waals surface area contributed by atoms with Crippen LogP contribution >= 0.6 is 0 Å². The van der Waals surface area contributed by atoms with Crippen LogP contribution in [0.15, 0.2) is 18.2 Å². The summed E-state index contributed by atoms with van der Waals surface area (Å²) in [6, 6.07) is 4.95. The molecular weight excluding hydrogens is 154 g/mol. The van der Waals surface area contributed by atoms with Crippen LogP contribution in [0.25, 0.3) is 0 Å². The van der Waals surface area contributed by atoms with E-state index < -0.39 is 0 Å². The molecule has 60 valence electrons. The van der Waals surface area contributed by atoms with Gasteiger partial charge in [-0.1, -0.05) is 6.07 Å². The highest BCUT2D eigenvalue weighted by Gasteiger charge is 2.15. The quantitative estimate of drug-likeness (QED) is 0.466. The third-order valence-corrected chi connectivity index (χ3v) is 2.01. The fraction of sp³-hybridized carbons (Fsp3) is 0.222. The van der Waals surface area contributed by atoms with Gasteiger partial charge in [0, 0.05) is 18.6 Å². The number of nitro groups is 1. The second kappa shape index (κ2) is 2.59. The summed E-state index contributed by atoms with van der Waals surface area (Å²) >= 11 is 0. The predicted molar refractivity (Wildman–Crippen MR) is 43.8 cm³/mol. The predicted octanol–water partition coefficient (Wildman–Crippen LogP) is 1.97. The van der Waals surface area contributed by atoms with E-state index in [0.29, 0.717) is 0 Å². The lowest BCUT2D eigenvalue weighted by molar-refractivity contribution is -0.384. The monoisotopic (exact) mass is 161 g/mol. The molecule has 0 fully saturated rings. The molecule has 1 aromatic carbocycles. The van der Waals surface area contributed by atoms with Gasteiger partial charge in [-0.25, -0.2) is 0 Å². The third-order valence-electron chi connectivity index (χ3n) is 2.01. The molecule has 1 aliphatic rings. The highest BCUT2D eigenvalue weighted by atomic mass is 16.6. The number of nitrogens with zero attached hydrogens (tertiary/aromatic N) is 1. The SMILES string of the molecule is O=[N+]([O-])c1ccc2c(c1)[C]CC2. The Hall–Kier alpha value is -1.38. The number of fused-ring (bicyclic) bond motifs is 1. The topological polar surface area (TPSA) is 43.1 Å². The molecule has 3 nitrogen and oxygen atoms in total. The molecule has 0 spiro atoms. The standard InChI is InChI=1S/C9H7NO2/c11-10(12)9-5-4-7-2-1-3-8(7)6-9/h4-6H,1-2H2. The van der Waals surface area contributed by atoms with Gasteiger partial charge in [0.25, 0.3) is 5.69 Å². The van der Waals surface area contributed by atoms with Gasteiger partial charge in [0.2, 0.25) is 0 Å². The first kappa shape index (κ1) is 7.28. The van der Waals surface area contributed by atoms with Gasteiger partial charge in [0.1, 0.15) is 0 Å². The fourth-order valence-electron chi connectivity index (χ4n) is 1.39. The van der Waals surface area contributed by atoms with Gasteiger partial charge in [-0.05, 0) is 24.0 Å². The molecule has 1 aromatic rings. The summed E-state index contributed by atoms with van der Waals surface area (Å²) in [5.74, 6) is 0. The van der Waals surface area contributed by atoms with E-state index >= 15 is 0 Å². The van der Waals surface area contributed by atoms with Crippen LogP contribution in [0.2, 0.25) is 0 Å². The summed E-state index contributed by atoms with van der Waals surface area (Å²) in [5.41, 5.74) is 2.23. The lowest BCUT2D eigenvalue weighted by Crippen LogP contribution is -1.89. The molecule has 0 heterocycles. The number of rotatable bonds is 1. The van der Waals surface area contributed by atoms with Gasteiger partial charge in [-0.2, -0.15) is 0 Å². The minimum Gasteiger partial charge on any atom is -0.258 e. The van der Waals surface area contributed by atoms with E-state index in [9.17, 15) is 10.1 Å². The highest BCUT2D eigenvalue weighted by Crippen LogP contribution is 2.26. The lowest BCUT2D eigenvalue weighted by Gasteiger charge is -1.96. The van der Waals surface area contributed by atoms with Crippen molar-refractivity contribution in [2.45, 2.75) is 12.8 Å². The van der Waals surface area contributed by atoms with E-state index in [0.717, 1.165) is 18.4 Å². The Morgan fingerprint density at radius 2 is 2.33 bits per heavy atom. The Morgan fingerprint density at radius 3 is 3.08 bits per heavy atom. The molecule has 0 aromatic heterocycles. The van der Waals surface area contributed by atoms with Crippen LogP contribution in [0.4, 0.5) is 5.69 Å². The molecule has 0 saturated heterocycles. The van der Waals surface area contributed by atoms with Crippen molar-refractivity contribution in [1.29, 1.82) is 0 Å². The molecule has 0 saturated carbocycles. The minimum absolute atomic E-state index is 0.156. The average molecular weight is 161 g/mol. The molecule has 0 amide bonds. The summed E-state index contributed by atoms with van der Waals surface area (Å²) in [5, 5.41) is 10.4. The van der Waals surface area contributed by atoms with Crippen molar-refractivity contribution < 1.29 is 4.92 Å². The van der Waals surface area contributed by atoms with Gasteiger partial charge >= 0.3 is 0 Å². The van der Waals surface area contributed by atoms with Crippen LogP contribution < -0.4 is 0 Å². The van der Waals surface area contributed by atoms with Gasteiger partial charge in [-0.15, -0.1) is 0 Å². The summed E-state index contributed by atoms with van der Waals surface area (Å²) < 4.78 is 0. The number of benzene rings is 1. The van der Waals surface area contributed by atoms with Gasteiger partial charge in [0.15, 0.2) is 0 Å². The zero-order valence-corrected chi connectivity index (χ0v) is 6.41. The van der Waals surface area contributed by atoms with Crippen molar-refractivity contribution >= 4 is 5.69 Å². The largest absolute Gasteiger partial charge is 0.269 e. The Bertz CT molecular complexity index is 333. The third kappa shape index (κ3) is 1.07. The van der Waals surface area contributed by atoms with E-state index in [-0.39, 0.29) is 10.6 Å².